The smallest absolute Gasteiger partial charge is 0.170 e. The molecule has 2 aromatic heterocycles. The Morgan fingerprint density at radius 2 is 2.05 bits per heavy atom. The third kappa shape index (κ3) is 2.29. The zero-order valence-electron chi connectivity index (χ0n) is 12.3. The van der Waals surface area contributed by atoms with E-state index in [9.17, 15) is 0 Å². The average molecular weight is 313 g/mol. The first-order chi connectivity index (χ1) is 10.8. The first-order valence-electron chi connectivity index (χ1n) is 7.88. The van der Waals surface area contributed by atoms with Crippen molar-refractivity contribution >= 4 is 17.3 Å². The van der Waals surface area contributed by atoms with Crippen LogP contribution in [0.2, 0.25) is 0 Å². The van der Waals surface area contributed by atoms with Crippen molar-refractivity contribution in [1.29, 1.82) is 0 Å². The van der Waals surface area contributed by atoms with Crippen LogP contribution in [-0.4, -0.2) is 21.0 Å². The molecule has 5 heteroatoms. The van der Waals surface area contributed by atoms with Crippen molar-refractivity contribution in [1.82, 2.24) is 15.2 Å². The van der Waals surface area contributed by atoms with Gasteiger partial charge in [-0.2, -0.15) is 0 Å². The van der Waals surface area contributed by atoms with E-state index in [1.54, 1.807) is 6.26 Å². The minimum atomic E-state index is 0.0421. The quantitative estimate of drug-likeness (QED) is 0.877. The molecular formula is C17H19N3OS. The molecule has 0 aromatic carbocycles. The molecule has 4 nitrogen and oxygen atoms in total. The first kappa shape index (κ1) is 13.8. The number of hydrogen-bond acceptors (Lipinski definition) is 3. The van der Waals surface area contributed by atoms with Gasteiger partial charge in [0.1, 0.15) is 11.8 Å². The predicted molar refractivity (Wildman–Crippen MR) is 88.3 cm³/mol. The molecular weight excluding hydrogens is 294 g/mol. The maximum absolute atomic E-state index is 5.74. The Morgan fingerprint density at radius 3 is 2.73 bits per heavy atom. The normalized spacial score (nSPS) is 25.6. The molecule has 1 aliphatic heterocycles. The maximum atomic E-state index is 5.74. The lowest BCUT2D eigenvalue weighted by molar-refractivity contribution is 0.217. The summed E-state index contributed by atoms with van der Waals surface area (Å²) in [6, 6.07) is 10.6. The van der Waals surface area contributed by atoms with Crippen LogP contribution in [0.1, 0.15) is 49.2 Å². The molecule has 0 bridgehead atoms. The van der Waals surface area contributed by atoms with Gasteiger partial charge in [-0.15, -0.1) is 0 Å². The fourth-order valence-corrected chi connectivity index (χ4v) is 4.09. The van der Waals surface area contributed by atoms with E-state index in [1.165, 1.54) is 25.7 Å². The Labute approximate surface area is 135 Å². The molecule has 22 heavy (non-hydrogen) atoms. The summed E-state index contributed by atoms with van der Waals surface area (Å²) in [5.41, 5.74) is 1.01. The minimum absolute atomic E-state index is 0.0421. The zero-order chi connectivity index (χ0) is 14.9. The number of aromatic nitrogens is 1. The number of rotatable bonds is 3. The third-order valence-electron chi connectivity index (χ3n) is 4.69. The lowest BCUT2D eigenvalue weighted by Gasteiger charge is -2.31. The zero-order valence-corrected chi connectivity index (χ0v) is 13.1. The predicted octanol–water partition coefficient (Wildman–Crippen LogP) is 3.59. The Kier molecular flexibility index (Phi) is 3.58. The van der Waals surface area contributed by atoms with E-state index < -0.39 is 0 Å². The average Bonchev–Trinajstić information content (AvgIpc) is 3.28. The largest absolute Gasteiger partial charge is 0.467 e. The SMILES string of the molecule is S=C1N[C@@H](c2ccccn2)[C@@H](c2ccco2)N1C1CCCC1. The van der Waals surface area contributed by atoms with Crippen LogP contribution in [0.3, 0.4) is 0 Å². The van der Waals surface area contributed by atoms with Gasteiger partial charge in [0.15, 0.2) is 5.11 Å². The second-order valence-electron chi connectivity index (χ2n) is 5.99. The van der Waals surface area contributed by atoms with Crippen molar-refractivity contribution in [3.8, 4) is 0 Å². The van der Waals surface area contributed by atoms with Crippen molar-refractivity contribution < 1.29 is 4.42 Å². The molecule has 1 saturated carbocycles. The topological polar surface area (TPSA) is 41.3 Å². The van der Waals surface area contributed by atoms with Gasteiger partial charge in [0, 0.05) is 12.2 Å². The molecule has 0 unspecified atom stereocenters. The number of thiocarbonyl (C=S) groups is 1. The van der Waals surface area contributed by atoms with Gasteiger partial charge in [-0.3, -0.25) is 4.98 Å². The minimum Gasteiger partial charge on any atom is -0.467 e. The third-order valence-corrected chi connectivity index (χ3v) is 5.02. The summed E-state index contributed by atoms with van der Waals surface area (Å²) in [7, 11) is 0. The molecule has 0 spiro atoms. The van der Waals surface area contributed by atoms with E-state index in [0.29, 0.717) is 6.04 Å². The van der Waals surface area contributed by atoms with Gasteiger partial charge in [0.25, 0.3) is 0 Å². The highest BCUT2D eigenvalue weighted by Gasteiger charge is 2.44. The van der Waals surface area contributed by atoms with Gasteiger partial charge >= 0.3 is 0 Å². The molecule has 4 rings (SSSR count). The molecule has 3 heterocycles. The molecule has 2 fully saturated rings. The summed E-state index contributed by atoms with van der Waals surface area (Å²) in [6.45, 7) is 0. The summed E-state index contributed by atoms with van der Waals surface area (Å²) < 4.78 is 5.74. The van der Waals surface area contributed by atoms with Crippen LogP contribution in [0.25, 0.3) is 0 Å². The number of nitrogens with zero attached hydrogens (tertiary/aromatic N) is 2. The fourth-order valence-electron chi connectivity index (χ4n) is 3.71. The van der Waals surface area contributed by atoms with Crippen molar-refractivity contribution in [2.45, 2.75) is 43.8 Å². The molecule has 114 valence electrons. The summed E-state index contributed by atoms with van der Waals surface area (Å²) in [5, 5.41) is 4.29. The van der Waals surface area contributed by atoms with E-state index in [1.807, 2.05) is 36.5 Å². The second-order valence-corrected chi connectivity index (χ2v) is 6.37. The number of hydrogen-bond donors (Lipinski definition) is 1. The van der Waals surface area contributed by atoms with E-state index in [2.05, 4.69) is 15.2 Å². The number of nitrogens with one attached hydrogen (secondary N) is 1. The second kappa shape index (κ2) is 5.72. The fraction of sp³-hybridized carbons (Fsp3) is 0.412. The lowest BCUT2D eigenvalue weighted by atomic mass is 10.0. The summed E-state index contributed by atoms with van der Waals surface area (Å²) >= 11 is 5.65. The standard InChI is InChI=1S/C17H19N3OS/c22-17-19-15(13-8-3-4-10-18-13)16(14-9-5-11-21-14)20(17)12-6-1-2-7-12/h3-5,8-12,15-16H,1-2,6-7H2,(H,19,22)/t15-,16+/m0/s1. The van der Waals surface area contributed by atoms with Gasteiger partial charge in [-0.05, 0) is 49.3 Å². The Balaban J connectivity index is 1.74. The van der Waals surface area contributed by atoms with Crippen LogP contribution in [0, 0.1) is 0 Å². The molecule has 2 aromatic rings. The van der Waals surface area contributed by atoms with E-state index in [0.717, 1.165) is 16.6 Å². The highest BCUT2D eigenvalue weighted by Crippen LogP contribution is 2.42. The Bertz CT molecular complexity index is 637. The van der Waals surface area contributed by atoms with Gasteiger partial charge in [0.05, 0.1) is 18.0 Å². The first-order valence-corrected chi connectivity index (χ1v) is 8.28. The van der Waals surface area contributed by atoms with Gasteiger partial charge in [-0.25, -0.2) is 0 Å². The molecule has 1 N–H and O–H groups in total. The van der Waals surface area contributed by atoms with Crippen molar-refractivity contribution in [3.05, 3.63) is 54.2 Å². The maximum Gasteiger partial charge on any atom is 0.170 e. The van der Waals surface area contributed by atoms with Crippen LogP contribution in [-0.2, 0) is 0 Å². The van der Waals surface area contributed by atoms with Gasteiger partial charge < -0.3 is 14.6 Å². The molecule has 0 radical (unpaired) electrons. The van der Waals surface area contributed by atoms with E-state index in [-0.39, 0.29) is 12.1 Å². The lowest BCUT2D eigenvalue weighted by Crippen LogP contribution is -2.37. The molecule has 2 aliphatic rings. The molecule has 1 aliphatic carbocycles. The van der Waals surface area contributed by atoms with Crippen molar-refractivity contribution in [2.75, 3.05) is 0 Å². The monoisotopic (exact) mass is 313 g/mol. The Morgan fingerprint density at radius 1 is 1.18 bits per heavy atom. The molecule has 2 atom stereocenters. The van der Waals surface area contributed by atoms with Crippen LogP contribution in [0.15, 0.2) is 47.2 Å². The highest BCUT2D eigenvalue weighted by atomic mass is 32.1. The van der Waals surface area contributed by atoms with Crippen molar-refractivity contribution in [2.24, 2.45) is 0 Å². The van der Waals surface area contributed by atoms with Gasteiger partial charge in [0.2, 0.25) is 0 Å². The number of furan rings is 1. The van der Waals surface area contributed by atoms with Gasteiger partial charge in [-0.1, -0.05) is 18.9 Å². The summed E-state index contributed by atoms with van der Waals surface area (Å²) in [4.78, 5) is 6.87. The van der Waals surface area contributed by atoms with E-state index >= 15 is 0 Å². The van der Waals surface area contributed by atoms with Crippen LogP contribution in [0.5, 0.6) is 0 Å². The molecule has 0 amide bonds. The summed E-state index contributed by atoms with van der Waals surface area (Å²) in [6.07, 6.45) is 8.53. The van der Waals surface area contributed by atoms with Crippen LogP contribution in [0.4, 0.5) is 0 Å². The Hall–Kier alpha value is -1.88. The van der Waals surface area contributed by atoms with Crippen LogP contribution >= 0.6 is 12.2 Å². The number of pyridine rings is 1. The highest BCUT2D eigenvalue weighted by molar-refractivity contribution is 7.80. The van der Waals surface area contributed by atoms with E-state index in [4.69, 9.17) is 16.6 Å². The van der Waals surface area contributed by atoms with Crippen LogP contribution < -0.4 is 5.32 Å². The molecule has 1 saturated heterocycles. The van der Waals surface area contributed by atoms with Crippen molar-refractivity contribution in [3.63, 3.8) is 0 Å². The summed E-state index contributed by atoms with van der Waals surface area (Å²) in [5.74, 6) is 0.954.